The van der Waals surface area contributed by atoms with Gasteiger partial charge in [-0.15, -0.1) is 0 Å². The lowest BCUT2D eigenvalue weighted by Crippen LogP contribution is -2.36. The van der Waals surface area contributed by atoms with E-state index in [-0.39, 0.29) is 18.9 Å². The maximum atomic E-state index is 12.0. The minimum Gasteiger partial charge on any atom is -0.481 e. The predicted octanol–water partition coefficient (Wildman–Crippen LogP) is 3.77. The molecule has 22 heavy (non-hydrogen) atoms. The molecular formula is C16H22ClNO4. The van der Waals surface area contributed by atoms with Crippen molar-refractivity contribution in [3.8, 4) is 0 Å². The lowest BCUT2D eigenvalue weighted by molar-refractivity contribution is -0.137. The third kappa shape index (κ3) is 6.35. The Hall–Kier alpha value is -1.75. The summed E-state index contributed by atoms with van der Waals surface area (Å²) in [5.41, 5.74) is 0.232. The van der Waals surface area contributed by atoms with Gasteiger partial charge in [0.15, 0.2) is 0 Å². The number of likely N-dealkylation sites (N-methyl/N-ethyl adjacent to an activating group) is 1. The molecular weight excluding hydrogens is 306 g/mol. The Morgan fingerprint density at radius 1 is 1.27 bits per heavy atom. The summed E-state index contributed by atoms with van der Waals surface area (Å²) in [5, 5.41) is 9.66. The monoisotopic (exact) mass is 327 g/mol. The molecule has 1 N–H and O–H groups in total. The van der Waals surface area contributed by atoms with Crippen molar-refractivity contribution in [2.45, 2.75) is 38.7 Å². The van der Waals surface area contributed by atoms with Crippen molar-refractivity contribution in [3.63, 3.8) is 0 Å². The van der Waals surface area contributed by atoms with E-state index in [1.807, 2.05) is 0 Å². The Morgan fingerprint density at radius 3 is 2.27 bits per heavy atom. The number of ether oxygens (including phenoxy) is 1. The molecule has 5 nitrogen and oxygen atoms in total. The van der Waals surface area contributed by atoms with E-state index in [2.05, 4.69) is 0 Å². The molecule has 0 aromatic heterocycles. The number of halogens is 1. The molecule has 0 radical (unpaired) electrons. The number of hydrogen-bond acceptors (Lipinski definition) is 3. The number of amides is 1. The molecule has 1 atom stereocenters. The van der Waals surface area contributed by atoms with Crippen molar-refractivity contribution in [1.82, 2.24) is 4.90 Å². The van der Waals surface area contributed by atoms with Crippen LogP contribution in [0, 0.1) is 0 Å². The zero-order valence-electron chi connectivity index (χ0n) is 13.3. The predicted molar refractivity (Wildman–Crippen MR) is 85.3 cm³/mol. The maximum Gasteiger partial charge on any atom is 0.410 e. The van der Waals surface area contributed by atoms with E-state index in [0.717, 1.165) is 5.56 Å². The molecule has 0 aliphatic carbocycles. The van der Waals surface area contributed by atoms with E-state index >= 15 is 0 Å². The molecule has 0 saturated carbocycles. The first-order chi connectivity index (χ1) is 10.1. The summed E-state index contributed by atoms with van der Waals surface area (Å²) in [6.07, 6.45) is -0.550. The van der Waals surface area contributed by atoms with E-state index in [1.54, 1.807) is 52.1 Å². The number of nitrogens with zero attached hydrogens (tertiary/aromatic N) is 1. The molecule has 0 saturated heterocycles. The van der Waals surface area contributed by atoms with Gasteiger partial charge >= 0.3 is 12.1 Å². The van der Waals surface area contributed by atoms with Crippen LogP contribution in [0.25, 0.3) is 0 Å². The quantitative estimate of drug-likeness (QED) is 0.894. The van der Waals surface area contributed by atoms with Gasteiger partial charge in [-0.1, -0.05) is 23.7 Å². The Balaban J connectivity index is 2.83. The largest absolute Gasteiger partial charge is 0.481 e. The molecule has 0 fully saturated rings. The first-order valence-corrected chi connectivity index (χ1v) is 7.37. The molecule has 0 aliphatic heterocycles. The lowest BCUT2D eigenvalue weighted by Gasteiger charge is -2.27. The second kappa shape index (κ2) is 7.49. The van der Waals surface area contributed by atoms with Crippen LogP contribution in [0.5, 0.6) is 0 Å². The Bertz CT molecular complexity index is 522. The van der Waals surface area contributed by atoms with Crippen LogP contribution in [0.15, 0.2) is 24.3 Å². The fourth-order valence-corrected chi connectivity index (χ4v) is 2.10. The zero-order valence-corrected chi connectivity index (χ0v) is 14.1. The fourth-order valence-electron chi connectivity index (χ4n) is 1.98. The second-order valence-electron chi connectivity index (χ2n) is 6.21. The van der Waals surface area contributed by atoms with Gasteiger partial charge in [-0.2, -0.15) is 0 Å². The zero-order chi connectivity index (χ0) is 16.9. The van der Waals surface area contributed by atoms with Crippen LogP contribution in [0.1, 0.15) is 38.7 Å². The molecule has 0 bridgehead atoms. The summed E-state index contributed by atoms with van der Waals surface area (Å²) in [6.45, 7) is 5.61. The summed E-state index contributed by atoms with van der Waals surface area (Å²) in [7, 11) is 1.60. The highest BCUT2D eigenvalue weighted by Crippen LogP contribution is 2.23. The summed E-state index contributed by atoms with van der Waals surface area (Å²) < 4.78 is 5.28. The number of carboxylic acids is 1. The average molecular weight is 328 g/mol. The molecule has 122 valence electrons. The normalized spacial score (nSPS) is 12.6. The Labute approximate surface area is 135 Å². The summed E-state index contributed by atoms with van der Waals surface area (Å²) in [5.74, 6) is -1.25. The van der Waals surface area contributed by atoms with Crippen LogP contribution in [-0.4, -0.2) is 41.3 Å². The van der Waals surface area contributed by atoms with Gasteiger partial charge in [-0.3, -0.25) is 4.79 Å². The molecule has 0 spiro atoms. The number of carboxylic acid groups (broad SMARTS) is 1. The third-order valence-electron chi connectivity index (χ3n) is 2.96. The van der Waals surface area contributed by atoms with Gasteiger partial charge in [0.1, 0.15) is 5.60 Å². The molecule has 0 heterocycles. The van der Waals surface area contributed by atoms with Gasteiger partial charge < -0.3 is 14.7 Å². The minimum atomic E-state index is -0.919. The average Bonchev–Trinajstić information content (AvgIpc) is 2.36. The number of carbonyl (C=O) groups is 2. The van der Waals surface area contributed by atoms with E-state index in [1.165, 1.54) is 4.90 Å². The van der Waals surface area contributed by atoms with Gasteiger partial charge in [0, 0.05) is 24.5 Å². The van der Waals surface area contributed by atoms with Crippen LogP contribution in [0.4, 0.5) is 4.79 Å². The highest BCUT2D eigenvalue weighted by molar-refractivity contribution is 6.30. The smallest absolute Gasteiger partial charge is 0.410 e. The first-order valence-electron chi connectivity index (χ1n) is 7.00. The lowest BCUT2D eigenvalue weighted by atomic mass is 9.95. The first kappa shape index (κ1) is 18.3. The fraction of sp³-hybridized carbons (Fsp3) is 0.500. The molecule has 1 aromatic carbocycles. The molecule has 0 unspecified atom stereocenters. The van der Waals surface area contributed by atoms with Crippen molar-refractivity contribution in [2.75, 3.05) is 13.6 Å². The van der Waals surface area contributed by atoms with Gasteiger partial charge in [0.05, 0.1) is 6.42 Å². The second-order valence-corrected chi connectivity index (χ2v) is 6.64. The number of carbonyl (C=O) groups excluding carboxylic acids is 1. The van der Waals surface area contributed by atoms with Gasteiger partial charge in [-0.25, -0.2) is 4.79 Å². The van der Waals surface area contributed by atoms with Gasteiger partial charge in [0.2, 0.25) is 0 Å². The van der Waals surface area contributed by atoms with E-state index in [0.29, 0.717) is 5.02 Å². The van der Waals surface area contributed by atoms with Crippen molar-refractivity contribution in [2.24, 2.45) is 0 Å². The van der Waals surface area contributed by atoms with E-state index in [4.69, 9.17) is 21.4 Å². The molecule has 6 heteroatoms. The number of benzene rings is 1. The van der Waals surface area contributed by atoms with Crippen LogP contribution >= 0.6 is 11.6 Å². The number of aliphatic carboxylic acids is 1. The maximum absolute atomic E-state index is 12.0. The Kier molecular flexibility index (Phi) is 6.23. The van der Waals surface area contributed by atoms with Crippen LogP contribution < -0.4 is 0 Å². The Morgan fingerprint density at radius 2 is 1.82 bits per heavy atom. The van der Waals surface area contributed by atoms with Crippen molar-refractivity contribution in [1.29, 1.82) is 0 Å². The summed E-state index contributed by atoms with van der Waals surface area (Å²) in [4.78, 5) is 24.5. The SMILES string of the molecule is CN(C[C@@H](CC(=O)O)c1ccc(Cl)cc1)C(=O)OC(C)(C)C. The van der Waals surface area contributed by atoms with Crippen LogP contribution in [0.3, 0.4) is 0 Å². The van der Waals surface area contributed by atoms with Crippen molar-refractivity contribution >= 4 is 23.7 Å². The molecule has 1 aromatic rings. The summed E-state index contributed by atoms with van der Waals surface area (Å²) in [6, 6.07) is 6.97. The molecule has 0 aliphatic rings. The van der Waals surface area contributed by atoms with Crippen molar-refractivity contribution in [3.05, 3.63) is 34.9 Å². The van der Waals surface area contributed by atoms with Crippen LogP contribution in [-0.2, 0) is 9.53 Å². The standard InChI is InChI=1S/C16H22ClNO4/c1-16(2,3)22-15(21)18(4)10-12(9-14(19)20)11-5-7-13(17)8-6-11/h5-8,12H,9-10H2,1-4H3,(H,19,20)/t12-/m1/s1. The van der Waals surface area contributed by atoms with Gasteiger partial charge in [0.25, 0.3) is 0 Å². The topological polar surface area (TPSA) is 66.8 Å². The molecule has 1 amide bonds. The van der Waals surface area contributed by atoms with E-state index < -0.39 is 17.7 Å². The highest BCUT2D eigenvalue weighted by Gasteiger charge is 2.24. The summed E-state index contributed by atoms with van der Waals surface area (Å²) >= 11 is 5.85. The minimum absolute atomic E-state index is 0.0746. The molecule has 1 rings (SSSR count). The van der Waals surface area contributed by atoms with E-state index in [9.17, 15) is 9.59 Å². The van der Waals surface area contributed by atoms with Crippen molar-refractivity contribution < 1.29 is 19.4 Å². The van der Waals surface area contributed by atoms with Gasteiger partial charge in [-0.05, 0) is 38.5 Å². The number of rotatable bonds is 5. The number of hydrogen-bond donors (Lipinski definition) is 1. The highest BCUT2D eigenvalue weighted by atomic mass is 35.5. The van der Waals surface area contributed by atoms with Crippen LogP contribution in [0.2, 0.25) is 5.02 Å². The third-order valence-corrected chi connectivity index (χ3v) is 3.21.